The maximum atomic E-state index is 12.2. The minimum atomic E-state index is -3.87. The Labute approximate surface area is 113 Å². The number of nitrogens with one attached hydrogen (secondary N) is 1. The van der Waals surface area contributed by atoms with Gasteiger partial charge in [-0.1, -0.05) is 26.0 Å². The summed E-state index contributed by atoms with van der Waals surface area (Å²) in [5, 5.41) is 0. The second kappa shape index (κ2) is 6.03. The van der Waals surface area contributed by atoms with Gasteiger partial charge in [-0.15, -0.1) is 0 Å². The lowest BCUT2D eigenvalue weighted by atomic mass is 10.1. The average molecular weight is 286 g/mol. The van der Waals surface area contributed by atoms with Gasteiger partial charge in [0.2, 0.25) is 10.0 Å². The van der Waals surface area contributed by atoms with Crippen LogP contribution in [0.15, 0.2) is 29.2 Å². The highest BCUT2D eigenvalue weighted by atomic mass is 32.2. The number of esters is 1. The van der Waals surface area contributed by atoms with Gasteiger partial charge in [0.15, 0.2) is 0 Å². The summed E-state index contributed by atoms with van der Waals surface area (Å²) < 4.78 is 31.3. The lowest BCUT2D eigenvalue weighted by Crippen LogP contribution is -2.45. The number of hydrogen-bond acceptors (Lipinski definition) is 5. The van der Waals surface area contributed by atoms with Gasteiger partial charge in [0.05, 0.1) is 12.8 Å². The molecule has 0 aliphatic carbocycles. The smallest absolute Gasteiger partial charge is 0.324 e. The molecule has 0 aromatic heterocycles. The Hall–Kier alpha value is -1.60. The minimum Gasteiger partial charge on any atom is -0.468 e. The first-order chi connectivity index (χ1) is 8.79. The second-order valence-electron chi connectivity index (χ2n) is 4.40. The fourth-order valence-corrected chi connectivity index (χ4v) is 3.00. The molecule has 1 atom stereocenters. The van der Waals surface area contributed by atoms with Crippen LogP contribution in [0.4, 0.5) is 5.69 Å². The summed E-state index contributed by atoms with van der Waals surface area (Å²) in [4.78, 5) is 11.5. The Morgan fingerprint density at radius 3 is 2.37 bits per heavy atom. The fourth-order valence-electron chi connectivity index (χ4n) is 1.54. The van der Waals surface area contributed by atoms with Crippen LogP contribution in [-0.4, -0.2) is 27.5 Å². The molecule has 0 heterocycles. The Morgan fingerprint density at radius 1 is 1.32 bits per heavy atom. The number of carbonyl (C=O) groups is 1. The van der Waals surface area contributed by atoms with E-state index in [1.54, 1.807) is 26.0 Å². The number of nitrogen functional groups attached to an aromatic ring is 1. The monoisotopic (exact) mass is 286 g/mol. The summed E-state index contributed by atoms with van der Waals surface area (Å²) >= 11 is 0. The highest BCUT2D eigenvalue weighted by Gasteiger charge is 2.29. The van der Waals surface area contributed by atoms with Crippen molar-refractivity contribution in [1.29, 1.82) is 0 Å². The van der Waals surface area contributed by atoms with Crippen LogP contribution >= 0.6 is 0 Å². The van der Waals surface area contributed by atoms with E-state index < -0.39 is 22.0 Å². The predicted molar refractivity (Wildman–Crippen MR) is 71.8 cm³/mol. The zero-order chi connectivity index (χ0) is 14.6. The zero-order valence-electron chi connectivity index (χ0n) is 11.1. The molecule has 7 heteroatoms. The maximum Gasteiger partial charge on any atom is 0.324 e. The number of para-hydroxylation sites is 1. The first kappa shape index (κ1) is 15.5. The Balaban J connectivity index is 3.08. The van der Waals surface area contributed by atoms with Gasteiger partial charge in [-0.25, -0.2) is 8.42 Å². The molecule has 0 radical (unpaired) electrons. The highest BCUT2D eigenvalue weighted by molar-refractivity contribution is 7.89. The van der Waals surface area contributed by atoms with Crippen LogP contribution in [0.1, 0.15) is 13.8 Å². The van der Waals surface area contributed by atoms with Crippen molar-refractivity contribution in [2.45, 2.75) is 24.8 Å². The molecule has 1 rings (SSSR count). The third-order valence-electron chi connectivity index (χ3n) is 2.61. The van der Waals surface area contributed by atoms with Crippen LogP contribution in [0.5, 0.6) is 0 Å². The van der Waals surface area contributed by atoms with Crippen molar-refractivity contribution in [3.63, 3.8) is 0 Å². The predicted octanol–water partition coefficient (Wildman–Crippen LogP) is 0.745. The van der Waals surface area contributed by atoms with Gasteiger partial charge in [0.1, 0.15) is 10.9 Å². The van der Waals surface area contributed by atoms with Gasteiger partial charge < -0.3 is 10.5 Å². The number of rotatable bonds is 5. The van der Waals surface area contributed by atoms with Crippen molar-refractivity contribution in [2.75, 3.05) is 12.8 Å². The molecule has 0 saturated heterocycles. The van der Waals surface area contributed by atoms with Crippen molar-refractivity contribution in [3.8, 4) is 0 Å². The molecule has 1 aromatic rings. The molecule has 1 aromatic carbocycles. The van der Waals surface area contributed by atoms with Gasteiger partial charge >= 0.3 is 5.97 Å². The van der Waals surface area contributed by atoms with E-state index >= 15 is 0 Å². The Morgan fingerprint density at radius 2 is 1.89 bits per heavy atom. The van der Waals surface area contributed by atoms with E-state index in [1.807, 2.05) is 0 Å². The molecular formula is C12H18N2O4S. The van der Waals surface area contributed by atoms with E-state index in [0.29, 0.717) is 0 Å². The van der Waals surface area contributed by atoms with E-state index in [-0.39, 0.29) is 16.5 Å². The van der Waals surface area contributed by atoms with Gasteiger partial charge in [-0.05, 0) is 18.1 Å². The molecule has 0 amide bonds. The summed E-state index contributed by atoms with van der Waals surface area (Å²) in [6.45, 7) is 3.44. The van der Waals surface area contributed by atoms with Gasteiger partial charge in [0, 0.05) is 0 Å². The summed E-state index contributed by atoms with van der Waals surface area (Å²) in [5.41, 5.74) is 5.76. The van der Waals surface area contributed by atoms with E-state index in [2.05, 4.69) is 9.46 Å². The lowest BCUT2D eigenvalue weighted by Gasteiger charge is -2.20. The van der Waals surface area contributed by atoms with Gasteiger partial charge in [-0.2, -0.15) is 4.72 Å². The molecule has 0 aliphatic rings. The van der Waals surface area contributed by atoms with Crippen LogP contribution in [0, 0.1) is 5.92 Å². The Bertz CT molecular complexity index is 555. The summed E-state index contributed by atoms with van der Waals surface area (Å²) in [5.74, 6) is -0.875. The third-order valence-corrected chi connectivity index (χ3v) is 4.13. The molecule has 0 saturated carbocycles. The van der Waals surface area contributed by atoms with Crippen LogP contribution in [-0.2, 0) is 19.6 Å². The van der Waals surface area contributed by atoms with E-state index in [0.717, 1.165) is 0 Å². The third kappa shape index (κ3) is 3.68. The molecule has 6 nitrogen and oxygen atoms in total. The topological polar surface area (TPSA) is 98.5 Å². The summed E-state index contributed by atoms with van der Waals surface area (Å²) in [6, 6.07) is 5.11. The number of ether oxygens (including phenoxy) is 1. The molecular weight excluding hydrogens is 268 g/mol. The second-order valence-corrected chi connectivity index (χ2v) is 6.09. The molecule has 3 N–H and O–H groups in total. The van der Waals surface area contributed by atoms with Crippen LogP contribution < -0.4 is 10.5 Å². The Kier molecular flexibility index (Phi) is 4.90. The van der Waals surface area contributed by atoms with Crippen LogP contribution in [0.3, 0.4) is 0 Å². The van der Waals surface area contributed by atoms with E-state index in [4.69, 9.17) is 5.73 Å². The van der Waals surface area contributed by atoms with Crippen molar-refractivity contribution >= 4 is 21.7 Å². The molecule has 0 fully saturated rings. The van der Waals surface area contributed by atoms with Crippen LogP contribution in [0.25, 0.3) is 0 Å². The summed E-state index contributed by atoms with van der Waals surface area (Å²) in [6.07, 6.45) is 0. The quantitative estimate of drug-likeness (QED) is 0.614. The van der Waals surface area contributed by atoms with Gasteiger partial charge in [0.25, 0.3) is 0 Å². The fraction of sp³-hybridized carbons (Fsp3) is 0.417. The van der Waals surface area contributed by atoms with Crippen LogP contribution in [0.2, 0.25) is 0 Å². The number of carbonyl (C=O) groups excluding carboxylic acids is 1. The number of nitrogens with two attached hydrogens (primary N) is 1. The number of benzene rings is 1. The SMILES string of the molecule is COC(=O)C(NS(=O)(=O)c1ccccc1N)C(C)C. The molecule has 106 valence electrons. The average Bonchev–Trinajstić information content (AvgIpc) is 2.35. The lowest BCUT2D eigenvalue weighted by molar-refractivity contribution is -0.143. The molecule has 1 unspecified atom stereocenters. The van der Waals surface area contributed by atoms with E-state index in [9.17, 15) is 13.2 Å². The minimum absolute atomic E-state index is 0.0513. The number of anilines is 1. The molecule has 0 bridgehead atoms. The van der Waals surface area contributed by atoms with Gasteiger partial charge in [-0.3, -0.25) is 4.79 Å². The van der Waals surface area contributed by atoms with Crippen molar-refractivity contribution < 1.29 is 17.9 Å². The number of hydrogen-bond donors (Lipinski definition) is 2. The highest BCUT2D eigenvalue weighted by Crippen LogP contribution is 2.18. The van der Waals surface area contributed by atoms with E-state index in [1.165, 1.54) is 19.2 Å². The van der Waals surface area contributed by atoms with Crippen molar-refractivity contribution in [2.24, 2.45) is 5.92 Å². The molecule has 19 heavy (non-hydrogen) atoms. The van der Waals surface area contributed by atoms with Crippen molar-refractivity contribution in [1.82, 2.24) is 4.72 Å². The normalized spacial score (nSPS) is 13.3. The number of methoxy groups -OCH3 is 1. The maximum absolute atomic E-state index is 12.2. The van der Waals surface area contributed by atoms with Crippen molar-refractivity contribution in [3.05, 3.63) is 24.3 Å². The zero-order valence-corrected chi connectivity index (χ0v) is 11.9. The molecule has 0 aliphatic heterocycles. The standard InChI is InChI=1S/C12H18N2O4S/c1-8(2)11(12(15)18-3)14-19(16,17)10-7-5-4-6-9(10)13/h4-8,11,14H,13H2,1-3H3. The molecule has 0 spiro atoms. The first-order valence-electron chi connectivity index (χ1n) is 5.74. The largest absolute Gasteiger partial charge is 0.468 e. The number of sulfonamides is 1. The first-order valence-corrected chi connectivity index (χ1v) is 7.22. The summed E-state index contributed by atoms with van der Waals surface area (Å²) in [7, 11) is -2.65.